The summed E-state index contributed by atoms with van der Waals surface area (Å²) in [6.07, 6.45) is 2.04. The number of carboxylic acids is 1. The quantitative estimate of drug-likeness (QED) is 0.184. The number of H-pyrrole nitrogens is 1. The van der Waals surface area contributed by atoms with Crippen molar-refractivity contribution in [3.63, 3.8) is 0 Å². The molecule has 12 heteroatoms. The first-order valence-corrected chi connectivity index (χ1v) is 10.0. The van der Waals surface area contributed by atoms with E-state index in [9.17, 15) is 19.2 Å². The second-order valence-electron chi connectivity index (χ2n) is 6.77. The number of aromatic nitrogens is 1. The topological polar surface area (TPSA) is 187 Å². The number of aliphatic hydroxyl groups is 1. The summed E-state index contributed by atoms with van der Waals surface area (Å²) in [7, 11) is 0. The van der Waals surface area contributed by atoms with Crippen molar-refractivity contribution in [3.8, 4) is 0 Å². The van der Waals surface area contributed by atoms with Gasteiger partial charge in [0.1, 0.15) is 12.1 Å². The number of carbonyl (C=O) groups excluding carboxylic acids is 3. The molecule has 0 aliphatic rings. The summed E-state index contributed by atoms with van der Waals surface area (Å²) in [4.78, 5) is 50.4. The number of amides is 3. The molecule has 0 saturated carbocycles. The molecule has 3 atom stereocenters. The lowest BCUT2D eigenvalue weighted by Crippen LogP contribution is -2.55. The van der Waals surface area contributed by atoms with Crippen LogP contribution >= 0.6 is 12.6 Å². The number of nitrogens with one attached hydrogen (secondary N) is 4. The van der Waals surface area contributed by atoms with E-state index >= 15 is 0 Å². The molecular formula is C19H25N5O6S. The number of rotatable bonds is 11. The average Bonchev–Trinajstić information content (AvgIpc) is 3.16. The molecule has 31 heavy (non-hydrogen) atoms. The molecule has 0 radical (unpaired) electrons. The van der Waals surface area contributed by atoms with Gasteiger partial charge in [0.05, 0.1) is 19.2 Å². The fourth-order valence-electron chi connectivity index (χ4n) is 2.83. The van der Waals surface area contributed by atoms with Gasteiger partial charge in [0.2, 0.25) is 17.7 Å². The standard InChI is InChI=1S/C19H25N5O6S/c20-12(5-10-6-21-13-4-2-1-3-11(10)13)17(27)22-7-16(26)23-15(9-31)18(28)24-14(8-25)19(29)30/h1-4,6,12,14-15,21,25,31H,5,7-9,20H2,(H,22,27)(H,23,26)(H,24,28)(H,29,30). The van der Waals surface area contributed by atoms with E-state index in [4.69, 9.17) is 15.9 Å². The minimum absolute atomic E-state index is 0.122. The van der Waals surface area contributed by atoms with E-state index in [1.165, 1.54) is 0 Å². The third-order valence-electron chi connectivity index (χ3n) is 4.51. The Hall–Kier alpha value is -3.09. The molecule has 0 fully saturated rings. The minimum atomic E-state index is -1.51. The van der Waals surface area contributed by atoms with Crippen LogP contribution in [0, 0.1) is 0 Å². The third-order valence-corrected chi connectivity index (χ3v) is 4.87. The van der Waals surface area contributed by atoms with Crippen molar-refractivity contribution in [1.82, 2.24) is 20.9 Å². The lowest BCUT2D eigenvalue weighted by Gasteiger charge is -2.19. The number of para-hydroxylation sites is 1. The van der Waals surface area contributed by atoms with Crippen molar-refractivity contribution in [2.45, 2.75) is 24.5 Å². The number of carbonyl (C=O) groups is 4. The lowest BCUT2D eigenvalue weighted by atomic mass is 10.1. The zero-order chi connectivity index (χ0) is 23.0. The van der Waals surface area contributed by atoms with Crippen molar-refractivity contribution >= 4 is 47.2 Å². The van der Waals surface area contributed by atoms with Gasteiger partial charge in [-0.2, -0.15) is 12.6 Å². The fourth-order valence-corrected chi connectivity index (χ4v) is 3.08. The minimum Gasteiger partial charge on any atom is -0.480 e. The summed E-state index contributed by atoms with van der Waals surface area (Å²) in [6.45, 7) is -1.24. The van der Waals surface area contributed by atoms with E-state index in [0.29, 0.717) is 0 Å². The molecular weight excluding hydrogens is 426 g/mol. The monoisotopic (exact) mass is 451 g/mol. The van der Waals surface area contributed by atoms with Crippen molar-refractivity contribution in [3.05, 3.63) is 36.0 Å². The number of fused-ring (bicyclic) bond motifs is 1. The molecule has 0 aliphatic heterocycles. The van der Waals surface area contributed by atoms with E-state index in [1.807, 2.05) is 24.3 Å². The summed E-state index contributed by atoms with van der Waals surface area (Å²) < 4.78 is 0. The van der Waals surface area contributed by atoms with Crippen molar-refractivity contribution in [2.24, 2.45) is 5.73 Å². The number of hydrogen-bond acceptors (Lipinski definition) is 7. The first-order valence-electron chi connectivity index (χ1n) is 9.39. The Morgan fingerprint density at radius 3 is 2.45 bits per heavy atom. The van der Waals surface area contributed by atoms with Crippen molar-refractivity contribution < 1.29 is 29.4 Å². The van der Waals surface area contributed by atoms with Gasteiger partial charge in [-0.3, -0.25) is 14.4 Å². The van der Waals surface area contributed by atoms with Crippen LogP contribution in [-0.4, -0.2) is 75.9 Å². The molecule has 1 heterocycles. The Bertz CT molecular complexity index is 949. The Kier molecular flexibility index (Phi) is 8.85. The fraction of sp³-hybridized carbons (Fsp3) is 0.368. The van der Waals surface area contributed by atoms with E-state index in [1.54, 1.807) is 6.20 Å². The van der Waals surface area contributed by atoms with E-state index in [2.05, 4.69) is 33.6 Å². The highest BCUT2D eigenvalue weighted by Gasteiger charge is 2.25. The highest BCUT2D eigenvalue weighted by molar-refractivity contribution is 7.80. The number of hydrogen-bond donors (Lipinski definition) is 8. The Labute approximate surface area is 183 Å². The van der Waals surface area contributed by atoms with Gasteiger partial charge in [-0.25, -0.2) is 4.79 Å². The summed E-state index contributed by atoms with van der Waals surface area (Å²) in [5.41, 5.74) is 7.74. The van der Waals surface area contributed by atoms with E-state index < -0.39 is 55.0 Å². The Morgan fingerprint density at radius 2 is 1.81 bits per heavy atom. The molecule has 2 aromatic rings. The maximum absolute atomic E-state index is 12.2. The van der Waals surface area contributed by atoms with Crippen LogP contribution in [0.15, 0.2) is 30.5 Å². The normalized spacial score (nSPS) is 13.8. The highest BCUT2D eigenvalue weighted by Crippen LogP contribution is 2.18. The molecule has 11 nitrogen and oxygen atoms in total. The molecule has 0 aliphatic carbocycles. The number of carboxylic acid groups (broad SMARTS) is 1. The summed E-state index contributed by atoms with van der Waals surface area (Å²) in [6, 6.07) is 4.03. The van der Waals surface area contributed by atoms with Gasteiger partial charge in [0.25, 0.3) is 0 Å². The number of nitrogens with two attached hydrogens (primary N) is 1. The van der Waals surface area contributed by atoms with Crippen molar-refractivity contribution in [1.29, 1.82) is 0 Å². The van der Waals surface area contributed by atoms with Crippen LogP contribution in [0.25, 0.3) is 10.9 Å². The molecule has 0 saturated heterocycles. The number of aromatic amines is 1. The van der Waals surface area contributed by atoms with Gasteiger partial charge in [0, 0.05) is 22.9 Å². The van der Waals surface area contributed by atoms with Gasteiger partial charge in [0.15, 0.2) is 0 Å². The van der Waals surface area contributed by atoms with Crippen LogP contribution in [0.3, 0.4) is 0 Å². The van der Waals surface area contributed by atoms with E-state index in [-0.39, 0.29) is 12.2 Å². The van der Waals surface area contributed by atoms with Crippen LogP contribution in [-0.2, 0) is 25.6 Å². The maximum atomic E-state index is 12.2. The van der Waals surface area contributed by atoms with E-state index in [0.717, 1.165) is 16.5 Å². The van der Waals surface area contributed by atoms with Gasteiger partial charge >= 0.3 is 5.97 Å². The average molecular weight is 452 g/mol. The molecule has 2 rings (SSSR count). The summed E-state index contributed by atoms with van der Waals surface area (Å²) >= 11 is 3.96. The first-order chi connectivity index (χ1) is 14.8. The zero-order valence-corrected chi connectivity index (χ0v) is 17.4. The van der Waals surface area contributed by atoms with Crippen LogP contribution in [0.4, 0.5) is 0 Å². The van der Waals surface area contributed by atoms with Crippen LogP contribution < -0.4 is 21.7 Å². The molecule has 168 valence electrons. The zero-order valence-electron chi connectivity index (χ0n) is 16.5. The number of thiol groups is 1. The van der Waals surface area contributed by atoms with Crippen LogP contribution in [0.5, 0.6) is 0 Å². The largest absolute Gasteiger partial charge is 0.480 e. The smallest absolute Gasteiger partial charge is 0.328 e. The molecule has 1 aromatic carbocycles. The molecule has 8 N–H and O–H groups in total. The highest BCUT2D eigenvalue weighted by atomic mass is 32.1. The van der Waals surface area contributed by atoms with Gasteiger partial charge in [-0.15, -0.1) is 0 Å². The van der Waals surface area contributed by atoms with Gasteiger partial charge in [-0.1, -0.05) is 18.2 Å². The van der Waals surface area contributed by atoms with Crippen LogP contribution in [0.2, 0.25) is 0 Å². The number of benzene rings is 1. The second-order valence-corrected chi connectivity index (χ2v) is 7.14. The number of aliphatic hydroxyl groups excluding tert-OH is 1. The van der Waals surface area contributed by atoms with Crippen molar-refractivity contribution in [2.75, 3.05) is 18.9 Å². The maximum Gasteiger partial charge on any atom is 0.328 e. The predicted octanol–water partition coefficient (Wildman–Crippen LogP) is -1.87. The molecule has 1 aromatic heterocycles. The summed E-state index contributed by atoms with van der Waals surface area (Å²) in [5.74, 6) is -3.59. The lowest BCUT2D eigenvalue weighted by molar-refractivity contribution is -0.143. The predicted molar refractivity (Wildman–Crippen MR) is 115 cm³/mol. The number of aliphatic carboxylic acids is 1. The van der Waals surface area contributed by atoms with Gasteiger partial charge < -0.3 is 36.9 Å². The molecule has 0 spiro atoms. The third kappa shape index (κ3) is 6.70. The SMILES string of the molecule is NC(Cc1c[nH]c2ccccc12)C(=O)NCC(=O)NC(CS)C(=O)NC(CO)C(=O)O. The second kappa shape index (κ2) is 11.3. The summed E-state index contributed by atoms with van der Waals surface area (Å²) in [5, 5.41) is 25.6. The molecule has 3 amide bonds. The molecule has 3 unspecified atom stereocenters. The Balaban J connectivity index is 1.84. The Morgan fingerprint density at radius 1 is 1.10 bits per heavy atom. The van der Waals surface area contributed by atoms with Crippen LogP contribution in [0.1, 0.15) is 5.56 Å². The molecule has 0 bridgehead atoms. The first kappa shape index (κ1) is 24.2. The van der Waals surface area contributed by atoms with Gasteiger partial charge in [-0.05, 0) is 18.1 Å².